The van der Waals surface area contributed by atoms with E-state index in [1.807, 2.05) is 6.07 Å². The Bertz CT molecular complexity index is 512. The van der Waals surface area contributed by atoms with Gasteiger partial charge in [-0.3, -0.25) is 4.79 Å². The lowest BCUT2D eigenvalue weighted by Crippen LogP contribution is -2.03. The fourth-order valence-corrected chi connectivity index (χ4v) is 2.45. The van der Waals surface area contributed by atoms with Crippen molar-refractivity contribution < 1.29 is 4.79 Å². The molecule has 15 heavy (non-hydrogen) atoms. The first-order valence-corrected chi connectivity index (χ1v) is 5.42. The Hall–Kier alpha value is -1.57. The molecule has 1 aromatic heterocycles. The standard InChI is InChI=1S/C13H13NO/c15-12-6-5-11(9-12)14-8-7-10-3-1-2-4-13(10)14/h1-4,7-8,11H,5-6,9H2/t11-/m0/s1. The predicted octanol–water partition coefficient (Wildman–Crippen LogP) is 2.94. The quantitative estimate of drug-likeness (QED) is 0.692. The number of carbonyl (C=O) groups is 1. The molecule has 1 atom stereocenters. The highest BCUT2D eigenvalue weighted by Crippen LogP contribution is 2.30. The van der Waals surface area contributed by atoms with E-state index in [-0.39, 0.29) is 0 Å². The molecule has 2 heteroatoms. The van der Waals surface area contributed by atoms with Crippen LogP contribution in [0.5, 0.6) is 0 Å². The maximum Gasteiger partial charge on any atom is 0.135 e. The van der Waals surface area contributed by atoms with Crippen LogP contribution in [0.2, 0.25) is 0 Å². The maximum atomic E-state index is 11.3. The average molecular weight is 199 g/mol. The van der Waals surface area contributed by atoms with Gasteiger partial charge in [-0.15, -0.1) is 0 Å². The molecule has 76 valence electrons. The van der Waals surface area contributed by atoms with Crippen molar-refractivity contribution in [2.75, 3.05) is 0 Å². The predicted molar refractivity (Wildman–Crippen MR) is 59.8 cm³/mol. The van der Waals surface area contributed by atoms with Crippen LogP contribution < -0.4 is 0 Å². The van der Waals surface area contributed by atoms with Crippen LogP contribution in [0.25, 0.3) is 10.9 Å². The Morgan fingerprint density at radius 3 is 2.87 bits per heavy atom. The largest absolute Gasteiger partial charge is 0.344 e. The Labute approximate surface area is 88.5 Å². The number of hydrogen-bond acceptors (Lipinski definition) is 1. The zero-order valence-electron chi connectivity index (χ0n) is 8.52. The van der Waals surface area contributed by atoms with Crippen molar-refractivity contribution in [3.8, 4) is 0 Å². The van der Waals surface area contributed by atoms with Gasteiger partial charge in [0, 0.05) is 30.6 Å². The Kier molecular flexibility index (Phi) is 1.88. The Morgan fingerprint density at radius 1 is 1.20 bits per heavy atom. The number of carbonyl (C=O) groups excluding carboxylic acids is 1. The van der Waals surface area contributed by atoms with Gasteiger partial charge in [0.05, 0.1) is 0 Å². The van der Waals surface area contributed by atoms with Gasteiger partial charge in [0.2, 0.25) is 0 Å². The van der Waals surface area contributed by atoms with Crippen molar-refractivity contribution in [1.82, 2.24) is 4.57 Å². The van der Waals surface area contributed by atoms with Gasteiger partial charge in [-0.25, -0.2) is 0 Å². The van der Waals surface area contributed by atoms with Crippen molar-refractivity contribution in [3.63, 3.8) is 0 Å². The van der Waals surface area contributed by atoms with Crippen molar-refractivity contribution in [2.45, 2.75) is 25.3 Å². The average Bonchev–Trinajstić information content (AvgIpc) is 2.83. The van der Waals surface area contributed by atoms with E-state index >= 15 is 0 Å². The summed E-state index contributed by atoms with van der Waals surface area (Å²) in [4.78, 5) is 11.3. The lowest BCUT2D eigenvalue weighted by atomic mass is 10.2. The van der Waals surface area contributed by atoms with Gasteiger partial charge in [-0.1, -0.05) is 18.2 Å². The minimum Gasteiger partial charge on any atom is -0.344 e. The Morgan fingerprint density at radius 2 is 2.07 bits per heavy atom. The summed E-state index contributed by atoms with van der Waals surface area (Å²) in [5.41, 5.74) is 1.25. The maximum absolute atomic E-state index is 11.3. The molecule has 2 nitrogen and oxygen atoms in total. The van der Waals surface area contributed by atoms with Gasteiger partial charge < -0.3 is 4.57 Å². The number of benzene rings is 1. The second kappa shape index (κ2) is 3.23. The van der Waals surface area contributed by atoms with E-state index in [2.05, 4.69) is 35.0 Å². The molecule has 1 saturated carbocycles. The normalized spacial score (nSPS) is 21.3. The van der Waals surface area contributed by atoms with Crippen molar-refractivity contribution in [2.24, 2.45) is 0 Å². The number of hydrogen-bond donors (Lipinski definition) is 0. The third-order valence-corrected chi connectivity index (χ3v) is 3.24. The van der Waals surface area contributed by atoms with Crippen LogP contribution in [0.3, 0.4) is 0 Å². The number of nitrogens with zero attached hydrogens (tertiary/aromatic N) is 1. The van der Waals surface area contributed by atoms with Crippen LogP contribution in [-0.2, 0) is 4.79 Å². The van der Waals surface area contributed by atoms with Crippen LogP contribution in [0.4, 0.5) is 0 Å². The minimum atomic E-state index is 0.386. The van der Waals surface area contributed by atoms with Crippen molar-refractivity contribution in [1.29, 1.82) is 0 Å². The summed E-state index contributed by atoms with van der Waals surface area (Å²) in [7, 11) is 0. The summed E-state index contributed by atoms with van der Waals surface area (Å²) in [5.74, 6) is 0.401. The van der Waals surface area contributed by atoms with Crippen LogP contribution in [-0.4, -0.2) is 10.4 Å². The lowest BCUT2D eigenvalue weighted by Gasteiger charge is -2.12. The molecular formula is C13H13NO. The molecule has 0 N–H and O–H groups in total. The van der Waals surface area contributed by atoms with E-state index in [0.29, 0.717) is 18.2 Å². The highest BCUT2D eigenvalue weighted by atomic mass is 16.1. The summed E-state index contributed by atoms with van der Waals surface area (Å²) in [6, 6.07) is 10.8. The van der Waals surface area contributed by atoms with Crippen molar-refractivity contribution >= 4 is 16.7 Å². The topological polar surface area (TPSA) is 22.0 Å². The molecule has 1 aromatic carbocycles. The molecule has 2 aromatic rings. The first-order chi connectivity index (χ1) is 7.34. The van der Waals surface area contributed by atoms with E-state index in [1.54, 1.807) is 0 Å². The van der Waals surface area contributed by atoms with Gasteiger partial charge in [-0.2, -0.15) is 0 Å². The van der Waals surface area contributed by atoms with Crippen LogP contribution in [0.1, 0.15) is 25.3 Å². The third-order valence-electron chi connectivity index (χ3n) is 3.24. The molecule has 0 unspecified atom stereocenters. The molecule has 0 bridgehead atoms. The molecule has 1 aliphatic rings. The van der Waals surface area contributed by atoms with Crippen LogP contribution >= 0.6 is 0 Å². The van der Waals surface area contributed by atoms with E-state index in [0.717, 1.165) is 12.8 Å². The number of ketones is 1. The molecule has 1 fully saturated rings. The van der Waals surface area contributed by atoms with Crippen LogP contribution in [0.15, 0.2) is 36.5 Å². The fourth-order valence-electron chi connectivity index (χ4n) is 2.45. The molecule has 0 spiro atoms. The number of rotatable bonds is 1. The highest BCUT2D eigenvalue weighted by Gasteiger charge is 2.23. The molecule has 0 amide bonds. The highest BCUT2D eigenvalue weighted by molar-refractivity contribution is 5.83. The zero-order chi connectivity index (χ0) is 10.3. The van der Waals surface area contributed by atoms with E-state index < -0.39 is 0 Å². The van der Waals surface area contributed by atoms with E-state index in [4.69, 9.17) is 0 Å². The monoisotopic (exact) mass is 199 g/mol. The summed E-state index contributed by atoms with van der Waals surface area (Å²) < 4.78 is 2.25. The molecule has 0 aliphatic heterocycles. The summed E-state index contributed by atoms with van der Waals surface area (Å²) in [6.45, 7) is 0. The summed E-state index contributed by atoms with van der Waals surface area (Å²) in [5, 5.41) is 1.26. The van der Waals surface area contributed by atoms with Gasteiger partial charge in [0.25, 0.3) is 0 Å². The summed E-state index contributed by atoms with van der Waals surface area (Å²) >= 11 is 0. The van der Waals surface area contributed by atoms with Gasteiger partial charge >= 0.3 is 0 Å². The first kappa shape index (κ1) is 8.72. The number of aromatic nitrogens is 1. The second-order valence-corrected chi connectivity index (χ2v) is 4.22. The lowest BCUT2D eigenvalue weighted by molar-refractivity contribution is -0.117. The van der Waals surface area contributed by atoms with E-state index in [9.17, 15) is 4.79 Å². The molecule has 1 aliphatic carbocycles. The SMILES string of the molecule is O=C1CC[C@H](n2ccc3ccccc32)C1. The van der Waals surface area contributed by atoms with E-state index in [1.165, 1.54) is 10.9 Å². The second-order valence-electron chi connectivity index (χ2n) is 4.22. The number of para-hydroxylation sites is 1. The smallest absolute Gasteiger partial charge is 0.135 e. The third kappa shape index (κ3) is 1.37. The Balaban J connectivity index is 2.07. The molecule has 1 heterocycles. The summed E-state index contributed by atoms with van der Waals surface area (Å²) in [6.07, 6.45) is 4.56. The van der Waals surface area contributed by atoms with Gasteiger partial charge in [0.15, 0.2) is 0 Å². The van der Waals surface area contributed by atoms with Gasteiger partial charge in [-0.05, 0) is 23.9 Å². The van der Waals surface area contributed by atoms with Crippen molar-refractivity contribution in [3.05, 3.63) is 36.5 Å². The first-order valence-electron chi connectivity index (χ1n) is 5.42. The number of fused-ring (bicyclic) bond motifs is 1. The minimum absolute atomic E-state index is 0.386. The molecular weight excluding hydrogens is 186 g/mol. The molecule has 0 radical (unpaired) electrons. The molecule has 3 rings (SSSR count). The molecule has 0 saturated heterocycles. The fraction of sp³-hybridized carbons (Fsp3) is 0.308. The van der Waals surface area contributed by atoms with Crippen LogP contribution in [0, 0.1) is 0 Å². The number of Topliss-reactive ketones (excluding diaryl/α,β-unsaturated/α-hetero) is 1. The zero-order valence-corrected chi connectivity index (χ0v) is 8.52. The van der Waals surface area contributed by atoms with Gasteiger partial charge in [0.1, 0.15) is 5.78 Å².